The van der Waals surface area contributed by atoms with Crippen LogP contribution in [0.3, 0.4) is 0 Å². The van der Waals surface area contributed by atoms with E-state index in [2.05, 4.69) is 0 Å². The van der Waals surface area contributed by atoms with Gasteiger partial charge in [0.15, 0.2) is 9.84 Å². The first-order valence-electron chi connectivity index (χ1n) is 6.65. The predicted molar refractivity (Wildman–Crippen MR) is 81.6 cm³/mol. The molecule has 0 saturated carbocycles. The molecule has 1 aliphatic rings. The van der Waals surface area contributed by atoms with Crippen molar-refractivity contribution < 1.29 is 17.9 Å². The molecule has 0 spiro atoms. The molecule has 8 heteroatoms. The molecule has 0 bridgehead atoms. The number of ether oxygens (including phenoxy) is 1. The molecule has 1 aliphatic heterocycles. The maximum atomic E-state index is 12.4. The minimum atomic E-state index is -3.02. The molecule has 0 aromatic rings. The van der Waals surface area contributed by atoms with E-state index < -0.39 is 15.9 Å². The highest BCUT2D eigenvalue weighted by atomic mass is 32.2. The highest BCUT2D eigenvalue weighted by Crippen LogP contribution is 2.19. The van der Waals surface area contributed by atoms with E-state index in [0.29, 0.717) is 26.0 Å². The van der Waals surface area contributed by atoms with E-state index in [9.17, 15) is 13.2 Å². The zero-order valence-electron chi connectivity index (χ0n) is 12.1. The maximum absolute atomic E-state index is 12.4. The lowest BCUT2D eigenvalue weighted by Gasteiger charge is -2.30. The Balaban J connectivity index is 2.70. The summed E-state index contributed by atoms with van der Waals surface area (Å²) < 4.78 is 28.2. The topological polar surface area (TPSA) is 89.7 Å². The molecular weight excluding hydrogens is 300 g/mol. The van der Waals surface area contributed by atoms with Crippen LogP contribution in [0, 0.1) is 0 Å². The zero-order chi connectivity index (χ0) is 15.2. The number of hydrogen-bond acceptors (Lipinski definition) is 6. The van der Waals surface area contributed by atoms with E-state index in [4.69, 9.17) is 10.5 Å². The average Bonchev–Trinajstić information content (AvgIpc) is 2.76. The summed E-state index contributed by atoms with van der Waals surface area (Å²) in [7, 11) is -1.46. The van der Waals surface area contributed by atoms with Crippen molar-refractivity contribution in [1.82, 2.24) is 4.90 Å². The van der Waals surface area contributed by atoms with Crippen LogP contribution >= 0.6 is 11.8 Å². The summed E-state index contributed by atoms with van der Waals surface area (Å²) in [6.07, 6.45) is 3.05. The molecule has 0 aromatic heterocycles. The standard InChI is InChI=1S/C12H24N2O4S2/c1-18-6-5-14(10-4-8-20(16,17)9-10)12(15)11(13)3-7-19-2/h10-11H,3-9,13H2,1-2H3/t10?,11-/m0/s1. The van der Waals surface area contributed by atoms with E-state index in [1.165, 1.54) is 0 Å². The Morgan fingerprint density at radius 1 is 1.55 bits per heavy atom. The molecular formula is C12H24N2O4S2. The van der Waals surface area contributed by atoms with Gasteiger partial charge in [0.1, 0.15) is 0 Å². The number of nitrogens with two attached hydrogens (primary N) is 1. The highest BCUT2D eigenvalue weighted by Gasteiger charge is 2.35. The van der Waals surface area contributed by atoms with Crippen molar-refractivity contribution in [3.05, 3.63) is 0 Å². The van der Waals surface area contributed by atoms with Crippen molar-refractivity contribution >= 4 is 27.5 Å². The fourth-order valence-corrected chi connectivity index (χ4v) is 4.49. The summed E-state index contributed by atoms with van der Waals surface area (Å²) >= 11 is 1.64. The summed E-state index contributed by atoms with van der Waals surface area (Å²) in [5.74, 6) is 0.832. The number of nitrogens with zero attached hydrogens (tertiary/aromatic N) is 1. The molecule has 2 N–H and O–H groups in total. The number of hydrogen-bond donors (Lipinski definition) is 1. The van der Waals surface area contributed by atoms with Crippen LogP contribution in [0.25, 0.3) is 0 Å². The molecule has 1 amide bonds. The lowest BCUT2D eigenvalue weighted by atomic mass is 10.1. The van der Waals surface area contributed by atoms with Crippen molar-refractivity contribution in [3.8, 4) is 0 Å². The smallest absolute Gasteiger partial charge is 0.239 e. The molecule has 1 saturated heterocycles. The van der Waals surface area contributed by atoms with Crippen LogP contribution in [0.4, 0.5) is 0 Å². The Morgan fingerprint density at radius 2 is 2.25 bits per heavy atom. The zero-order valence-corrected chi connectivity index (χ0v) is 13.7. The summed E-state index contributed by atoms with van der Waals surface area (Å²) in [5.41, 5.74) is 5.92. The molecule has 2 atom stereocenters. The number of carbonyl (C=O) groups is 1. The van der Waals surface area contributed by atoms with Gasteiger partial charge in [0.05, 0.1) is 24.2 Å². The quantitative estimate of drug-likeness (QED) is 0.661. The van der Waals surface area contributed by atoms with Gasteiger partial charge in [-0.15, -0.1) is 0 Å². The lowest BCUT2D eigenvalue weighted by Crippen LogP contribution is -2.50. The summed E-state index contributed by atoms with van der Waals surface area (Å²) in [4.78, 5) is 14.0. The number of sulfone groups is 1. The van der Waals surface area contributed by atoms with Gasteiger partial charge in [-0.05, 0) is 24.9 Å². The van der Waals surface area contributed by atoms with Gasteiger partial charge in [-0.25, -0.2) is 8.42 Å². The van der Waals surface area contributed by atoms with E-state index in [1.807, 2.05) is 6.26 Å². The molecule has 0 aliphatic carbocycles. The van der Waals surface area contributed by atoms with E-state index in [0.717, 1.165) is 5.75 Å². The van der Waals surface area contributed by atoms with Gasteiger partial charge in [-0.3, -0.25) is 4.79 Å². The van der Waals surface area contributed by atoms with Crippen LogP contribution in [0.2, 0.25) is 0 Å². The molecule has 0 radical (unpaired) electrons. The van der Waals surface area contributed by atoms with Crippen LogP contribution < -0.4 is 5.73 Å². The van der Waals surface area contributed by atoms with Crippen molar-refractivity contribution in [2.24, 2.45) is 5.73 Å². The van der Waals surface area contributed by atoms with Gasteiger partial charge in [0.2, 0.25) is 5.91 Å². The average molecular weight is 324 g/mol. The van der Waals surface area contributed by atoms with Crippen molar-refractivity contribution in [2.45, 2.75) is 24.9 Å². The van der Waals surface area contributed by atoms with Gasteiger partial charge in [0, 0.05) is 19.7 Å². The van der Waals surface area contributed by atoms with Gasteiger partial charge < -0.3 is 15.4 Å². The molecule has 6 nitrogen and oxygen atoms in total. The van der Waals surface area contributed by atoms with Crippen molar-refractivity contribution in [3.63, 3.8) is 0 Å². The maximum Gasteiger partial charge on any atom is 0.239 e. The number of thioether (sulfide) groups is 1. The number of amides is 1. The third kappa shape index (κ3) is 5.23. The normalized spacial score (nSPS) is 22.6. The third-order valence-electron chi connectivity index (χ3n) is 3.42. The van der Waals surface area contributed by atoms with E-state index in [-0.39, 0.29) is 23.5 Å². The van der Waals surface area contributed by atoms with Crippen LogP contribution in [0.1, 0.15) is 12.8 Å². The van der Waals surface area contributed by atoms with Gasteiger partial charge in [0.25, 0.3) is 0 Å². The Kier molecular flexibility index (Phi) is 7.28. The highest BCUT2D eigenvalue weighted by molar-refractivity contribution is 7.98. The minimum absolute atomic E-state index is 0.0394. The number of rotatable bonds is 8. The summed E-state index contributed by atoms with van der Waals surface area (Å²) in [6, 6.07) is -0.828. The monoisotopic (exact) mass is 324 g/mol. The third-order valence-corrected chi connectivity index (χ3v) is 5.81. The molecule has 1 unspecified atom stereocenters. The van der Waals surface area contributed by atoms with Crippen molar-refractivity contribution in [2.75, 3.05) is 43.8 Å². The van der Waals surface area contributed by atoms with Crippen LogP contribution in [-0.2, 0) is 19.4 Å². The Bertz CT molecular complexity index is 414. The first-order valence-corrected chi connectivity index (χ1v) is 9.87. The van der Waals surface area contributed by atoms with Gasteiger partial charge >= 0.3 is 0 Å². The fourth-order valence-electron chi connectivity index (χ4n) is 2.26. The van der Waals surface area contributed by atoms with Gasteiger partial charge in [-0.2, -0.15) is 11.8 Å². The second-order valence-electron chi connectivity index (χ2n) is 4.97. The SMILES string of the molecule is COCCN(C(=O)[C@@H](N)CCSC)C1CCS(=O)(=O)C1. The first kappa shape index (κ1) is 17.7. The fraction of sp³-hybridized carbons (Fsp3) is 0.917. The van der Waals surface area contributed by atoms with E-state index in [1.54, 1.807) is 23.8 Å². The van der Waals surface area contributed by atoms with Gasteiger partial charge in [-0.1, -0.05) is 0 Å². The van der Waals surface area contributed by atoms with E-state index >= 15 is 0 Å². The Hall–Kier alpha value is -0.310. The molecule has 0 aromatic carbocycles. The van der Waals surface area contributed by atoms with Crippen LogP contribution in [-0.4, -0.2) is 75.1 Å². The van der Waals surface area contributed by atoms with Crippen LogP contribution in [0.15, 0.2) is 0 Å². The number of carbonyl (C=O) groups excluding carboxylic acids is 1. The first-order chi connectivity index (χ1) is 9.41. The molecule has 118 valence electrons. The van der Waals surface area contributed by atoms with Crippen LogP contribution in [0.5, 0.6) is 0 Å². The Labute approximate surface area is 125 Å². The molecule has 1 fully saturated rings. The largest absolute Gasteiger partial charge is 0.383 e. The number of methoxy groups -OCH3 is 1. The molecule has 1 heterocycles. The Morgan fingerprint density at radius 3 is 2.75 bits per heavy atom. The second kappa shape index (κ2) is 8.21. The molecule has 1 rings (SSSR count). The summed E-state index contributed by atoms with van der Waals surface area (Å²) in [5, 5.41) is 0. The predicted octanol–water partition coefficient (Wildman–Crippen LogP) is -0.271. The molecule has 20 heavy (non-hydrogen) atoms. The summed E-state index contributed by atoms with van der Waals surface area (Å²) in [6.45, 7) is 0.778. The van der Waals surface area contributed by atoms with Crippen molar-refractivity contribution in [1.29, 1.82) is 0 Å². The second-order valence-corrected chi connectivity index (χ2v) is 8.18. The lowest BCUT2D eigenvalue weighted by molar-refractivity contribution is -0.135. The minimum Gasteiger partial charge on any atom is -0.383 e.